The first-order valence-electron chi connectivity index (χ1n) is 7.58. The SMILES string of the molecule is CN(C)CCOc1ccc(C=C(c2ccccc2)C(F)(F)F)cc1. The molecule has 0 saturated heterocycles. The predicted octanol–water partition coefficient (Wildman–Crippen LogP) is 4.73. The third-order valence-electron chi connectivity index (χ3n) is 3.39. The van der Waals surface area contributed by atoms with Gasteiger partial charge in [0.2, 0.25) is 0 Å². The lowest BCUT2D eigenvalue weighted by Gasteiger charge is -2.13. The van der Waals surface area contributed by atoms with Gasteiger partial charge in [-0.2, -0.15) is 13.2 Å². The van der Waals surface area contributed by atoms with E-state index in [1.807, 2.05) is 19.0 Å². The smallest absolute Gasteiger partial charge is 0.417 e. The molecule has 2 nitrogen and oxygen atoms in total. The van der Waals surface area contributed by atoms with Gasteiger partial charge in [0.05, 0.1) is 5.57 Å². The van der Waals surface area contributed by atoms with Crippen molar-refractivity contribution in [3.05, 3.63) is 65.7 Å². The molecule has 0 aliphatic rings. The lowest BCUT2D eigenvalue weighted by Crippen LogP contribution is -2.19. The average molecular weight is 335 g/mol. The lowest BCUT2D eigenvalue weighted by atomic mass is 10.0. The van der Waals surface area contributed by atoms with Crippen LogP contribution in [0.5, 0.6) is 5.75 Å². The first-order valence-corrected chi connectivity index (χ1v) is 7.58. The number of halogens is 3. The van der Waals surface area contributed by atoms with E-state index < -0.39 is 11.7 Å². The van der Waals surface area contributed by atoms with E-state index in [9.17, 15) is 13.2 Å². The van der Waals surface area contributed by atoms with Crippen LogP contribution in [-0.4, -0.2) is 38.3 Å². The van der Waals surface area contributed by atoms with E-state index >= 15 is 0 Å². The van der Waals surface area contributed by atoms with Crippen molar-refractivity contribution in [1.29, 1.82) is 0 Å². The molecule has 0 saturated carbocycles. The van der Waals surface area contributed by atoms with Gasteiger partial charge in [0.25, 0.3) is 0 Å². The Morgan fingerprint density at radius 3 is 2.17 bits per heavy atom. The third kappa shape index (κ3) is 5.42. The molecule has 0 aliphatic carbocycles. The van der Waals surface area contributed by atoms with Crippen molar-refractivity contribution in [2.75, 3.05) is 27.2 Å². The molecule has 0 spiro atoms. The fraction of sp³-hybridized carbons (Fsp3) is 0.263. The second kappa shape index (κ2) is 8.02. The van der Waals surface area contributed by atoms with Crippen molar-refractivity contribution >= 4 is 11.6 Å². The molecule has 0 aliphatic heterocycles. The number of benzene rings is 2. The first-order chi connectivity index (χ1) is 11.4. The maximum atomic E-state index is 13.3. The fourth-order valence-electron chi connectivity index (χ4n) is 2.12. The van der Waals surface area contributed by atoms with Crippen molar-refractivity contribution in [3.8, 4) is 5.75 Å². The number of nitrogens with zero attached hydrogens (tertiary/aromatic N) is 1. The average Bonchev–Trinajstić information content (AvgIpc) is 2.53. The lowest BCUT2D eigenvalue weighted by molar-refractivity contribution is -0.0683. The van der Waals surface area contributed by atoms with Crippen LogP contribution in [0.15, 0.2) is 54.6 Å². The fourth-order valence-corrected chi connectivity index (χ4v) is 2.12. The van der Waals surface area contributed by atoms with Gasteiger partial charge in [0, 0.05) is 6.54 Å². The first kappa shape index (κ1) is 18.1. The van der Waals surface area contributed by atoms with Gasteiger partial charge in [-0.15, -0.1) is 0 Å². The monoisotopic (exact) mass is 335 g/mol. The van der Waals surface area contributed by atoms with E-state index in [2.05, 4.69) is 0 Å². The highest BCUT2D eigenvalue weighted by Crippen LogP contribution is 2.35. The van der Waals surface area contributed by atoms with Crippen LogP contribution in [0.2, 0.25) is 0 Å². The number of rotatable bonds is 6. The molecule has 5 heteroatoms. The third-order valence-corrected chi connectivity index (χ3v) is 3.39. The van der Waals surface area contributed by atoms with Crippen LogP contribution in [0.3, 0.4) is 0 Å². The molecular formula is C19H20F3NO. The van der Waals surface area contributed by atoms with Gasteiger partial charge in [0.15, 0.2) is 0 Å². The molecule has 0 aromatic heterocycles. The van der Waals surface area contributed by atoms with Crippen molar-refractivity contribution in [1.82, 2.24) is 4.90 Å². The zero-order chi connectivity index (χ0) is 17.6. The summed E-state index contributed by atoms with van der Waals surface area (Å²) in [5, 5.41) is 0. The summed E-state index contributed by atoms with van der Waals surface area (Å²) in [7, 11) is 3.89. The van der Waals surface area contributed by atoms with Gasteiger partial charge in [-0.1, -0.05) is 42.5 Å². The molecule has 2 aromatic carbocycles. The molecule has 0 amide bonds. The molecule has 0 N–H and O–H groups in total. The number of ether oxygens (including phenoxy) is 1. The zero-order valence-corrected chi connectivity index (χ0v) is 13.7. The number of hydrogen-bond donors (Lipinski definition) is 0. The standard InChI is InChI=1S/C19H20F3NO/c1-23(2)12-13-24-17-10-8-15(9-11-17)14-18(19(20,21)22)16-6-4-3-5-7-16/h3-11,14H,12-13H2,1-2H3. The van der Waals surface area contributed by atoms with Crippen molar-refractivity contribution in [3.63, 3.8) is 0 Å². The predicted molar refractivity (Wildman–Crippen MR) is 90.9 cm³/mol. The number of alkyl halides is 3. The Bertz CT molecular complexity index is 661. The number of hydrogen-bond acceptors (Lipinski definition) is 2. The van der Waals surface area contributed by atoms with Crippen LogP contribution in [0.25, 0.3) is 11.6 Å². The summed E-state index contributed by atoms with van der Waals surface area (Å²) in [6, 6.07) is 14.4. The van der Waals surface area contributed by atoms with Crippen molar-refractivity contribution in [2.45, 2.75) is 6.18 Å². The maximum Gasteiger partial charge on any atom is 0.417 e. The normalized spacial score (nSPS) is 12.5. The summed E-state index contributed by atoms with van der Waals surface area (Å²) in [4.78, 5) is 1.99. The van der Waals surface area contributed by atoms with Crippen molar-refractivity contribution in [2.24, 2.45) is 0 Å². The molecule has 0 unspecified atom stereocenters. The Morgan fingerprint density at radius 1 is 1.00 bits per heavy atom. The summed E-state index contributed by atoms with van der Waals surface area (Å²) < 4.78 is 45.5. The van der Waals surface area contributed by atoms with Gasteiger partial charge in [-0.3, -0.25) is 0 Å². The minimum atomic E-state index is -4.41. The molecular weight excluding hydrogens is 315 g/mol. The van der Waals surface area contributed by atoms with Crippen LogP contribution in [0.1, 0.15) is 11.1 Å². The Balaban J connectivity index is 2.18. The van der Waals surface area contributed by atoms with E-state index in [0.29, 0.717) is 17.9 Å². The second-order valence-electron chi connectivity index (χ2n) is 5.64. The molecule has 128 valence electrons. The minimum absolute atomic E-state index is 0.149. The van der Waals surface area contributed by atoms with E-state index in [-0.39, 0.29) is 5.56 Å². The Morgan fingerprint density at radius 2 is 1.62 bits per heavy atom. The molecule has 0 heterocycles. The molecule has 2 rings (SSSR count). The summed E-state index contributed by atoms with van der Waals surface area (Å²) in [5.41, 5.74) is -0.0353. The second-order valence-corrected chi connectivity index (χ2v) is 5.64. The summed E-state index contributed by atoms with van der Waals surface area (Å²) in [5.74, 6) is 0.641. The quantitative estimate of drug-likeness (QED) is 0.708. The van der Waals surface area contributed by atoms with Gasteiger partial charge < -0.3 is 9.64 Å². The summed E-state index contributed by atoms with van der Waals surface area (Å²) >= 11 is 0. The number of likely N-dealkylation sites (N-methyl/N-ethyl adjacent to an activating group) is 1. The summed E-state index contributed by atoms with van der Waals surface area (Å²) in [6.45, 7) is 1.30. The van der Waals surface area contributed by atoms with E-state index in [0.717, 1.165) is 12.6 Å². The summed E-state index contributed by atoms with van der Waals surface area (Å²) in [6.07, 6.45) is -3.26. The van der Waals surface area contributed by atoms with Crippen LogP contribution in [0.4, 0.5) is 13.2 Å². The van der Waals surface area contributed by atoms with Gasteiger partial charge in [-0.05, 0) is 43.4 Å². The van der Waals surface area contributed by atoms with Crippen molar-refractivity contribution < 1.29 is 17.9 Å². The van der Waals surface area contributed by atoms with Crippen LogP contribution in [0, 0.1) is 0 Å². The van der Waals surface area contributed by atoms with Crippen LogP contribution in [-0.2, 0) is 0 Å². The molecule has 0 radical (unpaired) electrons. The molecule has 24 heavy (non-hydrogen) atoms. The highest BCUT2D eigenvalue weighted by atomic mass is 19.4. The van der Waals surface area contributed by atoms with Crippen LogP contribution >= 0.6 is 0 Å². The Hall–Kier alpha value is -2.27. The molecule has 2 aromatic rings. The topological polar surface area (TPSA) is 12.5 Å². The van der Waals surface area contributed by atoms with E-state index in [1.54, 1.807) is 42.5 Å². The zero-order valence-electron chi connectivity index (χ0n) is 13.7. The maximum absolute atomic E-state index is 13.3. The minimum Gasteiger partial charge on any atom is -0.492 e. The highest BCUT2D eigenvalue weighted by Gasteiger charge is 2.34. The Kier molecular flexibility index (Phi) is 6.04. The molecule has 0 atom stereocenters. The van der Waals surface area contributed by atoms with Gasteiger partial charge >= 0.3 is 6.18 Å². The van der Waals surface area contributed by atoms with Gasteiger partial charge in [-0.25, -0.2) is 0 Å². The molecule has 0 fully saturated rings. The largest absolute Gasteiger partial charge is 0.492 e. The number of allylic oxidation sites excluding steroid dienone is 1. The van der Waals surface area contributed by atoms with Crippen LogP contribution < -0.4 is 4.74 Å². The van der Waals surface area contributed by atoms with E-state index in [4.69, 9.17) is 4.74 Å². The molecule has 0 bridgehead atoms. The van der Waals surface area contributed by atoms with Gasteiger partial charge in [0.1, 0.15) is 12.4 Å². The Labute approximate surface area is 140 Å². The van der Waals surface area contributed by atoms with E-state index in [1.165, 1.54) is 12.1 Å². The highest BCUT2D eigenvalue weighted by molar-refractivity contribution is 5.84.